The first-order valence-corrected chi connectivity index (χ1v) is 3.64. The highest BCUT2D eigenvalue weighted by molar-refractivity contribution is 5.78. The van der Waals surface area contributed by atoms with Gasteiger partial charge in [-0.1, -0.05) is 25.5 Å². The first-order chi connectivity index (χ1) is 4.72. The summed E-state index contributed by atoms with van der Waals surface area (Å²) in [5, 5.41) is 0. The van der Waals surface area contributed by atoms with Crippen molar-refractivity contribution in [2.45, 2.75) is 26.7 Å². The van der Waals surface area contributed by atoms with E-state index < -0.39 is 0 Å². The van der Waals surface area contributed by atoms with Gasteiger partial charge in [0.25, 0.3) is 0 Å². The van der Waals surface area contributed by atoms with Gasteiger partial charge in [-0.25, -0.2) is 0 Å². The van der Waals surface area contributed by atoms with Gasteiger partial charge in [0.05, 0.1) is 5.92 Å². The van der Waals surface area contributed by atoms with E-state index in [1.165, 1.54) is 0 Å². The topological polar surface area (TPSA) is 43.1 Å². The molecular weight excluding hydrogens is 126 g/mol. The Morgan fingerprint density at radius 3 is 2.60 bits per heavy atom. The van der Waals surface area contributed by atoms with E-state index in [2.05, 4.69) is 0 Å². The molecule has 0 heterocycles. The lowest BCUT2D eigenvalue weighted by Gasteiger charge is -2.04. The molecule has 0 rings (SSSR count). The molecule has 0 bridgehead atoms. The summed E-state index contributed by atoms with van der Waals surface area (Å²) in [7, 11) is 0. The monoisotopic (exact) mass is 141 g/mol. The molecule has 0 saturated carbocycles. The van der Waals surface area contributed by atoms with E-state index in [9.17, 15) is 4.79 Å². The molecule has 58 valence electrons. The molecule has 0 spiro atoms. The average molecular weight is 141 g/mol. The highest BCUT2D eigenvalue weighted by Gasteiger charge is 2.08. The van der Waals surface area contributed by atoms with Gasteiger partial charge in [-0.2, -0.15) is 0 Å². The van der Waals surface area contributed by atoms with Crippen molar-refractivity contribution in [2.24, 2.45) is 11.7 Å². The van der Waals surface area contributed by atoms with Gasteiger partial charge in [0.1, 0.15) is 0 Å². The SMILES string of the molecule is CC=CC(CCC)C(N)=O. The zero-order valence-electron chi connectivity index (χ0n) is 6.63. The lowest BCUT2D eigenvalue weighted by atomic mass is 10.0. The third-order valence-electron chi connectivity index (χ3n) is 1.39. The van der Waals surface area contributed by atoms with Crippen molar-refractivity contribution in [3.05, 3.63) is 12.2 Å². The third kappa shape index (κ3) is 3.28. The second kappa shape index (κ2) is 5.03. The number of amides is 1. The summed E-state index contributed by atoms with van der Waals surface area (Å²) in [6.07, 6.45) is 5.58. The fourth-order valence-corrected chi connectivity index (χ4v) is 0.877. The predicted octanol–water partition coefficient (Wildman–Crippen LogP) is 1.46. The Balaban J connectivity index is 3.85. The molecule has 2 heteroatoms. The number of primary amides is 1. The second-order valence-electron chi connectivity index (χ2n) is 2.32. The largest absolute Gasteiger partial charge is 0.369 e. The van der Waals surface area contributed by atoms with E-state index in [1.807, 2.05) is 26.0 Å². The highest BCUT2D eigenvalue weighted by atomic mass is 16.1. The molecule has 2 nitrogen and oxygen atoms in total. The van der Waals surface area contributed by atoms with Crippen molar-refractivity contribution in [1.29, 1.82) is 0 Å². The van der Waals surface area contributed by atoms with Crippen molar-refractivity contribution in [3.63, 3.8) is 0 Å². The first kappa shape index (κ1) is 9.21. The Morgan fingerprint density at radius 2 is 2.30 bits per heavy atom. The van der Waals surface area contributed by atoms with E-state index in [4.69, 9.17) is 5.73 Å². The van der Waals surface area contributed by atoms with Crippen molar-refractivity contribution < 1.29 is 4.79 Å². The summed E-state index contributed by atoms with van der Waals surface area (Å²) in [6, 6.07) is 0. The smallest absolute Gasteiger partial charge is 0.224 e. The quantitative estimate of drug-likeness (QED) is 0.592. The number of carbonyl (C=O) groups is 1. The van der Waals surface area contributed by atoms with Crippen molar-refractivity contribution >= 4 is 5.91 Å². The fraction of sp³-hybridized carbons (Fsp3) is 0.625. The van der Waals surface area contributed by atoms with Crippen LogP contribution in [0.15, 0.2) is 12.2 Å². The van der Waals surface area contributed by atoms with E-state index in [-0.39, 0.29) is 11.8 Å². The molecular formula is C8H15NO. The molecule has 0 radical (unpaired) electrons. The fourth-order valence-electron chi connectivity index (χ4n) is 0.877. The second-order valence-corrected chi connectivity index (χ2v) is 2.32. The zero-order chi connectivity index (χ0) is 7.98. The number of rotatable bonds is 4. The Morgan fingerprint density at radius 1 is 1.70 bits per heavy atom. The van der Waals surface area contributed by atoms with Crippen LogP contribution in [0.3, 0.4) is 0 Å². The van der Waals surface area contributed by atoms with Crippen LogP contribution in [0.2, 0.25) is 0 Å². The third-order valence-corrected chi connectivity index (χ3v) is 1.39. The summed E-state index contributed by atoms with van der Waals surface area (Å²) < 4.78 is 0. The van der Waals surface area contributed by atoms with E-state index >= 15 is 0 Å². The van der Waals surface area contributed by atoms with Gasteiger partial charge in [0.15, 0.2) is 0 Å². The van der Waals surface area contributed by atoms with Crippen LogP contribution < -0.4 is 5.73 Å². The molecule has 0 aliphatic heterocycles. The Labute approximate surface area is 62.1 Å². The number of carbonyl (C=O) groups excluding carboxylic acids is 1. The van der Waals surface area contributed by atoms with Crippen LogP contribution in [0.1, 0.15) is 26.7 Å². The molecule has 1 amide bonds. The van der Waals surface area contributed by atoms with Gasteiger partial charge < -0.3 is 5.73 Å². The molecule has 1 unspecified atom stereocenters. The number of hydrogen-bond acceptors (Lipinski definition) is 1. The van der Waals surface area contributed by atoms with Crippen LogP contribution in [0, 0.1) is 5.92 Å². The lowest BCUT2D eigenvalue weighted by molar-refractivity contribution is -0.120. The molecule has 0 fully saturated rings. The van der Waals surface area contributed by atoms with Crippen LogP contribution in [-0.2, 0) is 4.79 Å². The molecule has 10 heavy (non-hydrogen) atoms. The molecule has 1 atom stereocenters. The van der Waals surface area contributed by atoms with Crippen molar-refractivity contribution in [2.75, 3.05) is 0 Å². The maximum atomic E-state index is 10.7. The Kier molecular flexibility index (Phi) is 4.63. The van der Waals surface area contributed by atoms with Crippen LogP contribution in [0.4, 0.5) is 0 Å². The van der Waals surface area contributed by atoms with Crippen molar-refractivity contribution in [1.82, 2.24) is 0 Å². The predicted molar refractivity (Wildman–Crippen MR) is 42.4 cm³/mol. The van der Waals surface area contributed by atoms with Gasteiger partial charge in [0, 0.05) is 0 Å². The minimum absolute atomic E-state index is 0.0602. The summed E-state index contributed by atoms with van der Waals surface area (Å²) in [5.74, 6) is -0.282. The molecule has 2 N–H and O–H groups in total. The summed E-state index contributed by atoms with van der Waals surface area (Å²) in [6.45, 7) is 3.94. The molecule has 0 aromatic carbocycles. The molecule has 0 aromatic heterocycles. The number of hydrogen-bond donors (Lipinski definition) is 1. The maximum absolute atomic E-state index is 10.7. The first-order valence-electron chi connectivity index (χ1n) is 3.64. The summed E-state index contributed by atoms with van der Waals surface area (Å²) >= 11 is 0. The summed E-state index contributed by atoms with van der Waals surface area (Å²) in [4.78, 5) is 10.7. The van der Waals surface area contributed by atoms with Crippen molar-refractivity contribution in [3.8, 4) is 0 Å². The van der Waals surface area contributed by atoms with Crippen LogP contribution in [0.25, 0.3) is 0 Å². The number of nitrogens with two attached hydrogens (primary N) is 1. The minimum atomic E-state index is -0.222. The van der Waals surface area contributed by atoms with Gasteiger partial charge in [-0.15, -0.1) is 0 Å². The normalized spacial score (nSPS) is 13.8. The van der Waals surface area contributed by atoms with Gasteiger partial charge >= 0.3 is 0 Å². The van der Waals surface area contributed by atoms with E-state index in [0.29, 0.717) is 0 Å². The minimum Gasteiger partial charge on any atom is -0.369 e. The molecule has 0 aliphatic carbocycles. The van der Waals surface area contributed by atoms with E-state index in [1.54, 1.807) is 0 Å². The maximum Gasteiger partial charge on any atom is 0.224 e. The number of allylic oxidation sites excluding steroid dienone is 1. The summed E-state index contributed by atoms with van der Waals surface area (Å²) in [5.41, 5.74) is 5.12. The van der Waals surface area contributed by atoms with Gasteiger partial charge in [0.2, 0.25) is 5.91 Å². The van der Waals surface area contributed by atoms with Crippen LogP contribution in [-0.4, -0.2) is 5.91 Å². The van der Waals surface area contributed by atoms with Crippen LogP contribution in [0.5, 0.6) is 0 Å². The Hall–Kier alpha value is -0.790. The standard InChI is InChI=1S/C8H15NO/c1-3-5-7(6-4-2)8(9)10/h3,5,7H,4,6H2,1-2H3,(H2,9,10). The molecule has 0 aromatic rings. The highest BCUT2D eigenvalue weighted by Crippen LogP contribution is 2.06. The van der Waals surface area contributed by atoms with Crippen LogP contribution >= 0.6 is 0 Å². The van der Waals surface area contributed by atoms with Gasteiger partial charge in [-0.05, 0) is 13.3 Å². The Bertz CT molecular complexity index is 129. The average Bonchev–Trinajstić information content (AvgIpc) is 1.87. The van der Waals surface area contributed by atoms with E-state index in [0.717, 1.165) is 12.8 Å². The molecule has 0 saturated heterocycles. The zero-order valence-corrected chi connectivity index (χ0v) is 6.63. The molecule has 0 aliphatic rings. The lowest BCUT2D eigenvalue weighted by Crippen LogP contribution is -2.21. The van der Waals surface area contributed by atoms with Gasteiger partial charge in [-0.3, -0.25) is 4.79 Å².